The van der Waals surface area contributed by atoms with E-state index in [0.29, 0.717) is 0 Å². The van der Waals surface area contributed by atoms with Crippen LogP contribution in [0.25, 0.3) is 20.9 Å². The first-order valence-corrected chi connectivity index (χ1v) is 8.22. The molecule has 2 aliphatic carbocycles. The van der Waals surface area contributed by atoms with Crippen molar-refractivity contribution in [1.82, 2.24) is 0 Å². The van der Waals surface area contributed by atoms with Crippen LogP contribution in [0.5, 0.6) is 0 Å². The molecule has 0 bridgehead atoms. The lowest BCUT2D eigenvalue weighted by molar-refractivity contribution is -0.163. The summed E-state index contributed by atoms with van der Waals surface area (Å²) in [7, 11) is 0. The first-order valence-electron chi connectivity index (χ1n) is 8.22. The highest BCUT2D eigenvalue weighted by Gasteiger charge is 2.74. The van der Waals surface area contributed by atoms with Crippen molar-refractivity contribution in [3.63, 3.8) is 0 Å². The van der Waals surface area contributed by atoms with Crippen LogP contribution >= 0.6 is 0 Å². The van der Waals surface area contributed by atoms with E-state index in [4.69, 9.17) is 25.9 Å². The summed E-state index contributed by atoms with van der Waals surface area (Å²) in [5.74, 6) is 0.151. The fraction of sp³-hybridized carbons (Fsp3) is 0.800. The van der Waals surface area contributed by atoms with Crippen LogP contribution in [0.3, 0.4) is 0 Å². The highest BCUT2D eigenvalue weighted by Crippen LogP contribution is 2.70. The van der Waals surface area contributed by atoms with Crippen molar-refractivity contribution in [1.29, 1.82) is 5.41 Å². The molecule has 128 valence electrons. The van der Waals surface area contributed by atoms with Crippen LogP contribution in [0.2, 0.25) is 0 Å². The van der Waals surface area contributed by atoms with Crippen molar-refractivity contribution in [3.8, 4) is 0 Å². The van der Waals surface area contributed by atoms with E-state index in [1.54, 1.807) is 6.08 Å². The van der Waals surface area contributed by atoms with E-state index in [1.807, 2.05) is 6.08 Å². The lowest BCUT2D eigenvalue weighted by atomic mass is 10.0. The van der Waals surface area contributed by atoms with Crippen LogP contribution < -0.4 is 0 Å². The third-order valence-corrected chi connectivity index (χ3v) is 5.28. The molecule has 0 spiro atoms. The van der Waals surface area contributed by atoms with E-state index >= 15 is 0 Å². The molecule has 0 radical (unpaired) electrons. The van der Waals surface area contributed by atoms with E-state index in [1.165, 1.54) is 6.21 Å². The molecule has 4 unspecified atom stereocenters. The Morgan fingerprint density at radius 2 is 2.08 bits per heavy atom. The van der Waals surface area contributed by atoms with Gasteiger partial charge in [0, 0.05) is 53.5 Å². The summed E-state index contributed by atoms with van der Waals surface area (Å²) in [5.41, 5.74) is 16.2. The van der Waals surface area contributed by atoms with E-state index < -0.39 is 5.41 Å². The number of rotatable bonds is 9. The Bertz CT molecular complexity index is 613. The zero-order chi connectivity index (χ0) is 17.0. The van der Waals surface area contributed by atoms with Gasteiger partial charge in [0.05, 0.1) is 5.60 Å². The minimum atomic E-state index is -0.506. The highest BCUT2D eigenvalue weighted by molar-refractivity contribution is 5.71. The number of allylic oxidation sites excluding steroid dienone is 1. The lowest BCUT2D eigenvalue weighted by Gasteiger charge is -2.23. The summed E-state index contributed by atoms with van der Waals surface area (Å²) in [6.45, 7) is 1.25. The van der Waals surface area contributed by atoms with Crippen LogP contribution in [-0.2, 0) is 9.47 Å². The molecule has 0 amide bonds. The van der Waals surface area contributed by atoms with Crippen molar-refractivity contribution in [3.05, 3.63) is 33.0 Å². The van der Waals surface area contributed by atoms with Gasteiger partial charge in [0.15, 0.2) is 6.29 Å². The van der Waals surface area contributed by atoms with Crippen molar-refractivity contribution in [2.24, 2.45) is 27.5 Å². The molecule has 1 saturated heterocycles. The topological polar surface area (TPSA) is 140 Å². The Morgan fingerprint density at radius 3 is 2.67 bits per heavy atom. The van der Waals surface area contributed by atoms with E-state index in [2.05, 4.69) is 20.1 Å². The molecule has 4 atom stereocenters. The monoisotopic (exact) mass is 331 g/mol. The maximum absolute atomic E-state index is 8.68. The van der Waals surface area contributed by atoms with Gasteiger partial charge >= 0.3 is 0 Å². The predicted molar refractivity (Wildman–Crippen MR) is 87.4 cm³/mol. The molecule has 1 heterocycles. The van der Waals surface area contributed by atoms with Crippen LogP contribution in [0, 0.1) is 22.7 Å². The number of nitrogens with zero attached hydrogens (tertiary/aromatic N) is 6. The molecule has 1 aliphatic heterocycles. The van der Waals surface area contributed by atoms with Gasteiger partial charge in [-0.2, -0.15) is 0 Å². The third-order valence-electron chi connectivity index (χ3n) is 5.28. The Labute approximate surface area is 139 Å². The smallest absolute Gasteiger partial charge is 0.158 e. The average Bonchev–Trinajstić information content (AvgIpc) is 3.43. The van der Waals surface area contributed by atoms with Gasteiger partial charge in [-0.05, 0) is 36.2 Å². The SMILES string of the molecule is [N-]=[N+]=NC/C=C/C1C(C2(OC3CCCO3)CC2)C1(C=N)CN=[N+]=[N-]. The second-order valence-corrected chi connectivity index (χ2v) is 6.62. The summed E-state index contributed by atoms with van der Waals surface area (Å²) in [6.07, 6.45) is 8.79. The Morgan fingerprint density at radius 1 is 1.29 bits per heavy atom. The van der Waals surface area contributed by atoms with Crippen LogP contribution in [0.15, 0.2) is 22.4 Å². The number of hydrogen-bond acceptors (Lipinski definition) is 5. The second-order valence-electron chi connectivity index (χ2n) is 6.62. The molecule has 2 saturated carbocycles. The van der Waals surface area contributed by atoms with Gasteiger partial charge in [-0.25, -0.2) is 0 Å². The number of nitrogens with one attached hydrogen (secondary N) is 1. The van der Waals surface area contributed by atoms with Crippen LogP contribution in [0.1, 0.15) is 25.7 Å². The van der Waals surface area contributed by atoms with Crippen molar-refractivity contribution < 1.29 is 9.47 Å². The van der Waals surface area contributed by atoms with Crippen molar-refractivity contribution in [2.75, 3.05) is 19.7 Å². The summed E-state index contributed by atoms with van der Waals surface area (Å²) in [5, 5.41) is 15.1. The molecule has 0 aromatic rings. The first kappa shape index (κ1) is 16.8. The quantitative estimate of drug-likeness (QED) is 0.226. The number of azide groups is 2. The maximum Gasteiger partial charge on any atom is 0.158 e. The van der Waals surface area contributed by atoms with Gasteiger partial charge in [-0.3, -0.25) is 0 Å². The summed E-state index contributed by atoms with van der Waals surface area (Å²) in [6, 6.07) is 0. The zero-order valence-corrected chi connectivity index (χ0v) is 13.4. The second kappa shape index (κ2) is 6.83. The molecule has 0 aromatic heterocycles. The van der Waals surface area contributed by atoms with E-state index in [-0.39, 0.29) is 36.8 Å². The number of ether oxygens (including phenoxy) is 2. The molecular formula is C15H21N7O2. The van der Waals surface area contributed by atoms with E-state index in [0.717, 1.165) is 32.3 Å². The largest absolute Gasteiger partial charge is 0.353 e. The first-order chi connectivity index (χ1) is 11.7. The lowest BCUT2D eigenvalue weighted by Crippen LogP contribution is -2.28. The number of hydrogen-bond donors (Lipinski definition) is 1. The maximum atomic E-state index is 8.68. The molecule has 0 aromatic carbocycles. The minimum Gasteiger partial charge on any atom is -0.353 e. The minimum absolute atomic E-state index is 0.0540. The van der Waals surface area contributed by atoms with Crippen LogP contribution in [-0.4, -0.2) is 37.8 Å². The van der Waals surface area contributed by atoms with Gasteiger partial charge in [-0.1, -0.05) is 22.4 Å². The molecule has 3 aliphatic rings. The Hall–Kier alpha value is -2.05. The molecule has 9 nitrogen and oxygen atoms in total. The van der Waals surface area contributed by atoms with Gasteiger partial charge in [0.2, 0.25) is 0 Å². The zero-order valence-electron chi connectivity index (χ0n) is 13.4. The molecule has 24 heavy (non-hydrogen) atoms. The van der Waals surface area contributed by atoms with Gasteiger partial charge in [-0.15, -0.1) is 0 Å². The fourth-order valence-corrected chi connectivity index (χ4v) is 4.01. The highest BCUT2D eigenvalue weighted by atomic mass is 16.7. The van der Waals surface area contributed by atoms with Crippen LogP contribution in [0.4, 0.5) is 0 Å². The standard InChI is InChI=1S/C15H21N7O2/c16-9-14(10-20-22-18)11(3-1-7-19-21-17)13(14)15(5-6-15)24-12-4-2-8-23-12/h1,3,9,11-13,16H,2,4-8,10H2/b3-1+,16-9?. The Balaban J connectivity index is 1.77. The van der Waals surface area contributed by atoms with Gasteiger partial charge in [0.25, 0.3) is 0 Å². The van der Waals surface area contributed by atoms with Gasteiger partial charge in [0.1, 0.15) is 0 Å². The Kier molecular flexibility index (Phi) is 4.78. The summed E-state index contributed by atoms with van der Waals surface area (Å²) in [4.78, 5) is 5.59. The van der Waals surface area contributed by atoms with Crippen molar-refractivity contribution >= 4 is 6.21 Å². The molecular weight excluding hydrogens is 310 g/mol. The normalized spacial score (nSPS) is 35.9. The van der Waals surface area contributed by atoms with Gasteiger partial charge < -0.3 is 14.9 Å². The predicted octanol–water partition coefficient (Wildman–Crippen LogP) is 3.73. The summed E-state index contributed by atoms with van der Waals surface area (Å²) < 4.78 is 11.9. The average molecular weight is 331 g/mol. The van der Waals surface area contributed by atoms with E-state index in [9.17, 15) is 0 Å². The molecule has 3 rings (SSSR count). The molecule has 1 N–H and O–H groups in total. The molecule has 3 fully saturated rings. The van der Waals surface area contributed by atoms with Crippen molar-refractivity contribution in [2.45, 2.75) is 37.6 Å². The fourth-order valence-electron chi connectivity index (χ4n) is 4.01. The molecule has 9 heteroatoms. The summed E-state index contributed by atoms with van der Waals surface area (Å²) >= 11 is 0. The third kappa shape index (κ3) is 2.99.